The van der Waals surface area contributed by atoms with Gasteiger partial charge in [-0.15, -0.1) is 0 Å². The van der Waals surface area contributed by atoms with Crippen molar-refractivity contribution in [1.29, 1.82) is 0 Å². The lowest BCUT2D eigenvalue weighted by Crippen LogP contribution is -2.29. The molecule has 14 rings (SSSR count). The Labute approximate surface area is 828 Å². The summed E-state index contributed by atoms with van der Waals surface area (Å²) in [4.78, 5) is 0. The van der Waals surface area contributed by atoms with Crippen LogP contribution in [0, 0.1) is 41.4 Å². The summed E-state index contributed by atoms with van der Waals surface area (Å²) in [7, 11) is 0. The number of nitrogens with one attached hydrogen (secondary N) is 1. The molecule has 7 saturated carbocycles. The average molecular weight is 1920 g/mol. The molecule has 772 valence electrons. The molecule has 18 atom stereocenters. The number of hydrogen-bond donors (Lipinski definition) is 14. The SMILES string of the molecule is CCCNc1cccc(OCC2CCCCC2)c1.CCC[C@@H](O)c1cccc(OC[C@@H]2CCCC[C@@H]2O)c1.CCC[C@@H](O)c1cccc(OC[C@@H]2CCC[C@@H](O)C2)c1.CCC[C@@H](O)c1cccc(OC[C@H]2CCCC[C@@H]2O)c1.CCC[C@@H](O)c1cccc(OC[C@H]2CCC[C@@H](O)C2)c1.CCC[C@@H](O)c1cccc(OC[C@H]2CCC[C@H](O)C2)c1.NCC[C@@H](O)c1cccc(OC[C@@H]2CCC[C@H](O)C2)c1. The molecule has 7 aromatic carbocycles. The van der Waals surface area contributed by atoms with Gasteiger partial charge in [-0.25, -0.2) is 0 Å². The van der Waals surface area contributed by atoms with E-state index in [0.29, 0.717) is 76.3 Å². The zero-order chi connectivity index (χ0) is 98.9. The fraction of sp³-hybridized carbons (Fsp3) is 0.641. The molecule has 0 bridgehead atoms. The molecule has 7 aliphatic rings. The summed E-state index contributed by atoms with van der Waals surface area (Å²) in [5.74, 6) is 8.83. The Bertz CT molecular complexity index is 3900. The molecule has 15 N–H and O–H groups in total. The monoisotopic (exact) mass is 1920 g/mol. The van der Waals surface area contributed by atoms with E-state index >= 15 is 0 Å². The minimum atomic E-state index is -0.528. The van der Waals surface area contributed by atoms with Crippen LogP contribution < -0.4 is 44.2 Å². The van der Waals surface area contributed by atoms with Gasteiger partial charge in [-0.3, -0.25) is 0 Å². The van der Waals surface area contributed by atoms with Crippen LogP contribution in [-0.4, -0.2) is 157 Å². The van der Waals surface area contributed by atoms with Crippen LogP contribution in [0.4, 0.5) is 5.69 Å². The molecular formula is C117H180N2O19. The second-order valence-electron chi connectivity index (χ2n) is 40.2. The summed E-state index contributed by atoms with van der Waals surface area (Å²) >= 11 is 0. The molecule has 0 spiro atoms. The van der Waals surface area contributed by atoms with Gasteiger partial charge in [-0.05, 0) is 315 Å². The lowest BCUT2D eigenvalue weighted by atomic mass is 9.87. The minimum Gasteiger partial charge on any atom is -0.493 e. The highest BCUT2D eigenvalue weighted by molar-refractivity contribution is 5.48. The molecule has 7 aromatic rings. The molecule has 7 aliphatic carbocycles. The third-order valence-corrected chi connectivity index (χ3v) is 28.0. The Kier molecular flexibility index (Phi) is 56.8. The fourth-order valence-electron chi connectivity index (χ4n) is 19.6. The van der Waals surface area contributed by atoms with E-state index in [4.69, 9.17) is 38.9 Å². The Hall–Kier alpha value is -7.58. The number of rotatable bonds is 42. The van der Waals surface area contributed by atoms with Gasteiger partial charge >= 0.3 is 0 Å². The van der Waals surface area contributed by atoms with E-state index in [1.165, 1.54) is 44.9 Å². The lowest BCUT2D eigenvalue weighted by molar-refractivity contribution is 0.0419. The summed E-state index contributed by atoms with van der Waals surface area (Å²) < 4.78 is 40.9. The summed E-state index contributed by atoms with van der Waals surface area (Å²) in [6.07, 6.45) is 38.0. The third-order valence-electron chi connectivity index (χ3n) is 28.0. The van der Waals surface area contributed by atoms with Crippen molar-refractivity contribution in [2.45, 2.75) is 378 Å². The number of nitrogens with two attached hydrogens (primary N) is 1. The molecule has 21 heteroatoms. The van der Waals surface area contributed by atoms with Gasteiger partial charge in [0, 0.05) is 30.1 Å². The maximum atomic E-state index is 10.0. The van der Waals surface area contributed by atoms with Crippen molar-refractivity contribution in [3.05, 3.63) is 203 Å². The number of aliphatic hydroxyl groups excluding tert-OH is 12. The number of anilines is 1. The van der Waals surface area contributed by atoms with E-state index in [2.05, 4.69) is 71.1 Å². The van der Waals surface area contributed by atoms with Crippen LogP contribution in [0.5, 0.6) is 40.2 Å². The molecular weight excluding hydrogens is 1740 g/mol. The average Bonchev–Trinajstić information content (AvgIpc) is 0.863. The maximum Gasteiger partial charge on any atom is 0.121 e. The second kappa shape index (κ2) is 67.8. The van der Waals surface area contributed by atoms with Crippen molar-refractivity contribution in [3.8, 4) is 40.2 Å². The predicted octanol–water partition coefficient (Wildman–Crippen LogP) is 23.7. The summed E-state index contributed by atoms with van der Waals surface area (Å²) in [6, 6.07) is 54.4. The first-order chi connectivity index (χ1) is 67.0. The lowest BCUT2D eigenvalue weighted by Gasteiger charge is -2.27. The maximum absolute atomic E-state index is 10.0. The number of hydrogen-bond acceptors (Lipinski definition) is 21. The Balaban J connectivity index is 0.000000198. The van der Waals surface area contributed by atoms with Gasteiger partial charge in [0.05, 0.1) is 119 Å². The van der Waals surface area contributed by atoms with E-state index in [9.17, 15) is 61.3 Å². The van der Waals surface area contributed by atoms with Gasteiger partial charge < -0.3 is 105 Å². The Morgan fingerprint density at radius 2 is 0.500 bits per heavy atom. The molecule has 0 unspecified atom stereocenters. The summed E-state index contributed by atoms with van der Waals surface area (Å²) in [6.45, 7) is 18.6. The zero-order valence-electron chi connectivity index (χ0n) is 84.8. The normalized spacial score (nSPS) is 23.3. The first-order valence-electron chi connectivity index (χ1n) is 53.7. The van der Waals surface area contributed by atoms with Crippen LogP contribution >= 0.6 is 0 Å². The zero-order valence-corrected chi connectivity index (χ0v) is 84.8. The van der Waals surface area contributed by atoms with Crippen LogP contribution in [0.1, 0.15) is 375 Å². The molecule has 0 radical (unpaired) electrons. The van der Waals surface area contributed by atoms with E-state index in [1.54, 1.807) is 0 Å². The highest BCUT2D eigenvalue weighted by Gasteiger charge is 2.29. The van der Waals surface area contributed by atoms with Gasteiger partial charge in [0.1, 0.15) is 40.2 Å². The molecule has 0 heterocycles. The predicted molar refractivity (Wildman–Crippen MR) is 555 cm³/mol. The molecule has 0 saturated heterocycles. The molecule has 21 nitrogen and oxygen atoms in total. The highest BCUT2D eigenvalue weighted by atomic mass is 16.5. The van der Waals surface area contributed by atoms with Gasteiger partial charge in [0.2, 0.25) is 0 Å². The molecule has 138 heavy (non-hydrogen) atoms. The molecule has 0 amide bonds. The fourth-order valence-corrected chi connectivity index (χ4v) is 19.6. The molecule has 0 aromatic heterocycles. The van der Waals surface area contributed by atoms with Gasteiger partial charge in [0.15, 0.2) is 0 Å². The molecule has 0 aliphatic heterocycles. The number of benzene rings is 7. The quantitative estimate of drug-likeness (QED) is 0.0169. The van der Waals surface area contributed by atoms with E-state index in [0.717, 1.165) is 310 Å². The Morgan fingerprint density at radius 3 is 0.761 bits per heavy atom. The topological polar surface area (TPSA) is 345 Å². The Morgan fingerprint density at radius 1 is 0.261 bits per heavy atom. The van der Waals surface area contributed by atoms with Gasteiger partial charge in [-0.1, -0.05) is 223 Å². The van der Waals surface area contributed by atoms with Gasteiger partial charge in [-0.2, -0.15) is 0 Å². The third kappa shape index (κ3) is 45.8. The summed E-state index contributed by atoms with van der Waals surface area (Å²) in [5, 5.41) is 122. The van der Waals surface area contributed by atoms with Crippen LogP contribution in [0.2, 0.25) is 0 Å². The van der Waals surface area contributed by atoms with Crippen molar-refractivity contribution in [1.82, 2.24) is 0 Å². The van der Waals surface area contributed by atoms with E-state index < -0.39 is 36.6 Å². The summed E-state index contributed by atoms with van der Waals surface area (Å²) in [5.41, 5.74) is 12.1. The van der Waals surface area contributed by atoms with Crippen LogP contribution in [0.3, 0.4) is 0 Å². The number of aliphatic hydroxyl groups is 12. The van der Waals surface area contributed by atoms with Crippen molar-refractivity contribution in [2.24, 2.45) is 47.2 Å². The highest BCUT2D eigenvalue weighted by Crippen LogP contribution is 2.37. The minimum absolute atomic E-state index is 0.157. The van der Waals surface area contributed by atoms with Crippen LogP contribution in [-0.2, 0) is 0 Å². The number of ether oxygens (including phenoxy) is 7. The van der Waals surface area contributed by atoms with E-state index in [1.807, 2.05) is 146 Å². The smallest absolute Gasteiger partial charge is 0.121 e. The van der Waals surface area contributed by atoms with Gasteiger partial charge in [0.25, 0.3) is 0 Å². The van der Waals surface area contributed by atoms with Crippen LogP contribution in [0.15, 0.2) is 170 Å². The van der Waals surface area contributed by atoms with Crippen molar-refractivity contribution >= 4 is 5.69 Å². The van der Waals surface area contributed by atoms with Crippen LogP contribution in [0.25, 0.3) is 0 Å². The molecule has 7 fully saturated rings. The standard InChI is InChI=1S/5C17H26O3.C16H25NO3.C16H25NO/c3*1-2-5-17(19)14-7-4-9-16(11-14)20-12-13-6-3-8-15(18)10-13;2*1-2-6-16(18)13-8-5-9-15(11-13)20-12-14-7-3-4-10-17(14)19;17-8-7-16(19)13-4-2-6-15(10-13)20-11-12-3-1-5-14(18)9-12;1-2-11-17-15-9-6-10-16(12-15)18-13-14-7-4-3-5-8-14/h3*4,7,9,11,13,15,17-19H,2-3,5-6,8,10,12H2,1H3;2*5,8-9,11,14,16-19H,2-4,6-7,10,12H2,1H3;2,4,6,10,12,14,16,18-19H,1,3,5,7-9,11,17H2;6,9-10,12,14,17H,2-5,7-8,11,13H2,1H3/t13-,15+,17+;13-,15-,17+;13-,15-,17-;14-,16+,17-;14-,16-,17+;12-,14+,16-;/m001011./s1. The largest absolute Gasteiger partial charge is 0.493 e. The van der Waals surface area contributed by atoms with Crippen molar-refractivity contribution < 1.29 is 94.4 Å². The van der Waals surface area contributed by atoms with Crippen molar-refractivity contribution in [2.75, 3.05) is 64.7 Å². The van der Waals surface area contributed by atoms with Crippen molar-refractivity contribution in [3.63, 3.8) is 0 Å². The second-order valence-corrected chi connectivity index (χ2v) is 40.2. The first kappa shape index (κ1) is 116. The van der Waals surface area contributed by atoms with E-state index in [-0.39, 0.29) is 48.5 Å². The first-order valence-corrected chi connectivity index (χ1v) is 53.7.